The first-order valence-corrected chi connectivity index (χ1v) is 12.7. The van der Waals surface area contributed by atoms with Crippen LogP contribution in [-0.4, -0.2) is 18.8 Å². The molecule has 2 rings (SSSR count). The summed E-state index contributed by atoms with van der Waals surface area (Å²) >= 11 is 0. The summed E-state index contributed by atoms with van der Waals surface area (Å²) in [6.07, 6.45) is 25.1. The van der Waals surface area contributed by atoms with Crippen molar-refractivity contribution in [3.8, 4) is 5.75 Å². The van der Waals surface area contributed by atoms with Crippen molar-refractivity contribution in [2.45, 2.75) is 116 Å². The Morgan fingerprint density at radius 1 is 0.800 bits per heavy atom. The van der Waals surface area contributed by atoms with E-state index in [1.807, 2.05) is 0 Å². The van der Waals surface area contributed by atoms with E-state index in [-0.39, 0.29) is 5.60 Å². The maximum atomic E-state index is 5.79. The maximum Gasteiger partial charge on any atom is 0.123 e. The SMILES string of the molecule is CCCCCCC/C=C/CCCCCCCCCc1ccc(OCC2(C)CO2)cc1. The summed E-state index contributed by atoms with van der Waals surface area (Å²) in [5, 5.41) is 0. The summed E-state index contributed by atoms with van der Waals surface area (Å²) in [6, 6.07) is 8.62. The highest BCUT2D eigenvalue weighted by atomic mass is 16.6. The van der Waals surface area contributed by atoms with Gasteiger partial charge in [0.25, 0.3) is 0 Å². The van der Waals surface area contributed by atoms with Crippen molar-refractivity contribution in [1.29, 1.82) is 0 Å². The van der Waals surface area contributed by atoms with Gasteiger partial charge < -0.3 is 9.47 Å². The van der Waals surface area contributed by atoms with Gasteiger partial charge in [-0.15, -0.1) is 0 Å². The Balaban J connectivity index is 1.34. The number of epoxide rings is 1. The molecule has 1 heterocycles. The third-order valence-corrected chi connectivity index (χ3v) is 6.08. The molecular formula is C28H46O2. The van der Waals surface area contributed by atoms with Crippen LogP contribution >= 0.6 is 0 Å². The van der Waals surface area contributed by atoms with E-state index < -0.39 is 0 Å². The molecule has 1 aromatic rings. The molecule has 2 nitrogen and oxygen atoms in total. The molecule has 0 N–H and O–H groups in total. The Morgan fingerprint density at radius 3 is 1.90 bits per heavy atom. The normalized spacial score (nSPS) is 18.2. The molecule has 1 aliphatic rings. The monoisotopic (exact) mass is 414 g/mol. The highest BCUT2D eigenvalue weighted by Gasteiger charge is 2.40. The Labute approximate surface area is 186 Å². The number of benzene rings is 1. The fraction of sp³-hybridized carbons (Fsp3) is 0.714. The molecule has 0 aromatic heterocycles. The number of hydrogen-bond donors (Lipinski definition) is 0. The summed E-state index contributed by atoms with van der Waals surface area (Å²) < 4.78 is 11.1. The fourth-order valence-corrected chi connectivity index (χ4v) is 3.77. The standard InChI is InChI=1S/C28H46O2/c1-3-4-5-6-7-8-9-10-11-12-13-14-15-16-17-18-19-26-20-22-27(23-21-26)29-24-28(2)25-30-28/h9-10,20-23H,3-8,11-19,24-25H2,1-2H3/b10-9+. The summed E-state index contributed by atoms with van der Waals surface area (Å²) in [5.41, 5.74) is 1.39. The molecule has 1 atom stereocenters. The van der Waals surface area contributed by atoms with Crippen molar-refractivity contribution < 1.29 is 9.47 Å². The van der Waals surface area contributed by atoms with Gasteiger partial charge in [0, 0.05) is 0 Å². The van der Waals surface area contributed by atoms with E-state index in [0.29, 0.717) is 6.61 Å². The molecule has 0 amide bonds. The highest BCUT2D eigenvalue weighted by Crippen LogP contribution is 2.27. The average molecular weight is 415 g/mol. The van der Waals surface area contributed by atoms with Gasteiger partial charge in [0.15, 0.2) is 0 Å². The fourth-order valence-electron chi connectivity index (χ4n) is 3.77. The van der Waals surface area contributed by atoms with E-state index in [4.69, 9.17) is 9.47 Å². The Morgan fingerprint density at radius 2 is 1.33 bits per heavy atom. The first kappa shape index (κ1) is 25.0. The average Bonchev–Trinajstić information content (AvgIpc) is 3.50. The molecule has 1 unspecified atom stereocenters. The number of unbranched alkanes of at least 4 members (excludes halogenated alkanes) is 12. The van der Waals surface area contributed by atoms with Crippen molar-refractivity contribution >= 4 is 0 Å². The molecule has 170 valence electrons. The first-order chi connectivity index (χ1) is 14.7. The Kier molecular flexibility index (Phi) is 12.9. The second-order valence-corrected chi connectivity index (χ2v) is 9.36. The molecule has 0 aliphatic carbocycles. The van der Waals surface area contributed by atoms with Gasteiger partial charge >= 0.3 is 0 Å². The van der Waals surface area contributed by atoms with E-state index in [9.17, 15) is 0 Å². The molecule has 1 saturated heterocycles. The minimum Gasteiger partial charge on any atom is -0.491 e. The van der Waals surface area contributed by atoms with Crippen LogP contribution in [0.1, 0.15) is 109 Å². The van der Waals surface area contributed by atoms with Crippen LogP contribution in [0.4, 0.5) is 0 Å². The Bertz CT molecular complexity index is 557. The van der Waals surface area contributed by atoms with Gasteiger partial charge in [-0.3, -0.25) is 0 Å². The van der Waals surface area contributed by atoms with E-state index in [2.05, 4.69) is 50.3 Å². The minimum absolute atomic E-state index is 0.0388. The second-order valence-electron chi connectivity index (χ2n) is 9.36. The third-order valence-electron chi connectivity index (χ3n) is 6.08. The summed E-state index contributed by atoms with van der Waals surface area (Å²) in [7, 11) is 0. The van der Waals surface area contributed by atoms with Crippen LogP contribution in [0.2, 0.25) is 0 Å². The van der Waals surface area contributed by atoms with Crippen molar-refractivity contribution in [1.82, 2.24) is 0 Å². The largest absolute Gasteiger partial charge is 0.491 e. The quantitative estimate of drug-likeness (QED) is 0.129. The van der Waals surface area contributed by atoms with Crippen LogP contribution in [-0.2, 0) is 11.2 Å². The molecule has 30 heavy (non-hydrogen) atoms. The van der Waals surface area contributed by atoms with Crippen molar-refractivity contribution in [3.63, 3.8) is 0 Å². The van der Waals surface area contributed by atoms with Gasteiger partial charge in [0.05, 0.1) is 6.61 Å². The van der Waals surface area contributed by atoms with E-state index in [0.717, 1.165) is 12.4 Å². The number of hydrogen-bond acceptors (Lipinski definition) is 2. The smallest absolute Gasteiger partial charge is 0.123 e. The zero-order chi connectivity index (χ0) is 21.3. The van der Waals surface area contributed by atoms with Gasteiger partial charge in [-0.1, -0.05) is 89.0 Å². The third kappa shape index (κ3) is 12.4. The molecule has 1 aromatic carbocycles. The number of aryl methyl sites for hydroxylation is 1. The summed E-state index contributed by atoms with van der Waals surface area (Å²) in [4.78, 5) is 0. The van der Waals surface area contributed by atoms with Crippen molar-refractivity contribution in [2.75, 3.05) is 13.2 Å². The van der Waals surface area contributed by atoms with E-state index in [1.165, 1.54) is 102 Å². The lowest BCUT2D eigenvalue weighted by molar-refractivity contribution is 0.202. The van der Waals surface area contributed by atoms with Crippen LogP contribution in [0, 0.1) is 0 Å². The van der Waals surface area contributed by atoms with Crippen LogP contribution in [0.15, 0.2) is 36.4 Å². The molecule has 0 spiro atoms. The van der Waals surface area contributed by atoms with Crippen LogP contribution in [0.25, 0.3) is 0 Å². The van der Waals surface area contributed by atoms with Crippen LogP contribution < -0.4 is 4.74 Å². The van der Waals surface area contributed by atoms with Gasteiger partial charge in [0.2, 0.25) is 0 Å². The van der Waals surface area contributed by atoms with Crippen molar-refractivity contribution in [2.24, 2.45) is 0 Å². The first-order valence-electron chi connectivity index (χ1n) is 12.7. The molecule has 0 bridgehead atoms. The number of rotatable bonds is 19. The lowest BCUT2D eigenvalue weighted by atomic mass is 10.0. The number of ether oxygens (including phenoxy) is 2. The molecule has 0 radical (unpaired) electrons. The van der Waals surface area contributed by atoms with Crippen LogP contribution in [0.5, 0.6) is 5.75 Å². The van der Waals surface area contributed by atoms with E-state index in [1.54, 1.807) is 0 Å². The molecular weight excluding hydrogens is 368 g/mol. The van der Waals surface area contributed by atoms with Gasteiger partial charge in [-0.2, -0.15) is 0 Å². The van der Waals surface area contributed by atoms with Crippen LogP contribution in [0.3, 0.4) is 0 Å². The molecule has 1 fully saturated rings. The summed E-state index contributed by atoms with van der Waals surface area (Å²) in [6.45, 7) is 5.85. The lowest BCUT2D eigenvalue weighted by Crippen LogP contribution is -2.16. The zero-order valence-electron chi connectivity index (χ0n) is 19.8. The topological polar surface area (TPSA) is 21.8 Å². The second kappa shape index (κ2) is 15.5. The molecule has 2 heteroatoms. The molecule has 1 aliphatic heterocycles. The summed E-state index contributed by atoms with van der Waals surface area (Å²) in [5.74, 6) is 0.956. The zero-order valence-corrected chi connectivity index (χ0v) is 19.8. The maximum absolute atomic E-state index is 5.79. The van der Waals surface area contributed by atoms with Gasteiger partial charge in [-0.25, -0.2) is 0 Å². The molecule has 0 saturated carbocycles. The predicted molar refractivity (Wildman–Crippen MR) is 129 cm³/mol. The van der Waals surface area contributed by atoms with E-state index >= 15 is 0 Å². The van der Waals surface area contributed by atoms with Crippen molar-refractivity contribution in [3.05, 3.63) is 42.0 Å². The Hall–Kier alpha value is -1.28. The van der Waals surface area contributed by atoms with Gasteiger partial charge in [0.1, 0.15) is 18.0 Å². The minimum atomic E-state index is -0.0388. The predicted octanol–water partition coefficient (Wildman–Crippen LogP) is 8.43. The number of allylic oxidation sites excluding steroid dienone is 2. The lowest BCUT2D eigenvalue weighted by Gasteiger charge is -2.09. The van der Waals surface area contributed by atoms with Gasteiger partial charge in [-0.05, 0) is 63.1 Å². The highest BCUT2D eigenvalue weighted by molar-refractivity contribution is 5.27.